The molecule has 0 radical (unpaired) electrons. The minimum Gasteiger partial charge on any atom is -0.490 e. The predicted octanol–water partition coefficient (Wildman–Crippen LogP) is 3.32. The fraction of sp³-hybridized carbons (Fsp3) is 0.588. The lowest BCUT2D eigenvalue weighted by molar-refractivity contribution is 0.0894. The molecule has 2 N–H and O–H groups in total. The molecule has 0 amide bonds. The van der Waals surface area contributed by atoms with E-state index in [1.807, 2.05) is 24.3 Å². The number of hydrogen-bond acceptors (Lipinski definition) is 3. The molecule has 0 spiro atoms. The van der Waals surface area contributed by atoms with Gasteiger partial charge in [-0.15, -0.1) is 0 Å². The summed E-state index contributed by atoms with van der Waals surface area (Å²) in [4.78, 5) is 12.7. The third kappa shape index (κ3) is 3.21. The highest BCUT2D eigenvalue weighted by atomic mass is 16.5. The van der Waals surface area contributed by atoms with Crippen LogP contribution in [0, 0.1) is 5.92 Å². The Morgan fingerprint density at radius 3 is 2.70 bits per heavy atom. The monoisotopic (exact) mass is 273 g/mol. The zero-order chi connectivity index (χ0) is 13.9. The maximum atomic E-state index is 12.7. The van der Waals surface area contributed by atoms with Crippen molar-refractivity contribution in [3.05, 3.63) is 29.8 Å². The van der Waals surface area contributed by atoms with Gasteiger partial charge in [0, 0.05) is 17.5 Å². The lowest BCUT2D eigenvalue weighted by Gasteiger charge is -2.20. The van der Waals surface area contributed by atoms with E-state index < -0.39 is 0 Å². The van der Waals surface area contributed by atoms with Gasteiger partial charge in [0.15, 0.2) is 5.78 Å². The molecule has 2 saturated carbocycles. The van der Waals surface area contributed by atoms with Crippen molar-refractivity contribution in [3.8, 4) is 5.75 Å². The van der Waals surface area contributed by atoms with Gasteiger partial charge in [0.05, 0.1) is 6.10 Å². The SMILES string of the molecule is NC1CCCCCC1C(=O)c1cccc(OC2CC2)c1. The third-order valence-electron chi connectivity index (χ3n) is 4.35. The van der Waals surface area contributed by atoms with E-state index in [1.165, 1.54) is 6.42 Å². The molecule has 0 saturated heterocycles. The number of nitrogens with two attached hydrogens (primary N) is 1. The van der Waals surface area contributed by atoms with E-state index in [0.717, 1.165) is 49.8 Å². The van der Waals surface area contributed by atoms with Gasteiger partial charge in [-0.05, 0) is 37.8 Å². The maximum Gasteiger partial charge on any atom is 0.167 e. The van der Waals surface area contributed by atoms with E-state index in [2.05, 4.69) is 0 Å². The molecule has 1 aromatic carbocycles. The standard InChI is InChI=1S/C17H23NO2/c18-16-8-3-1-2-7-15(16)17(19)12-5-4-6-14(11-12)20-13-9-10-13/h4-6,11,13,15-16H,1-3,7-10,18H2. The van der Waals surface area contributed by atoms with Crippen molar-refractivity contribution in [1.82, 2.24) is 0 Å². The summed E-state index contributed by atoms with van der Waals surface area (Å²) in [5.74, 6) is 0.995. The van der Waals surface area contributed by atoms with Gasteiger partial charge in [0.25, 0.3) is 0 Å². The van der Waals surface area contributed by atoms with Gasteiger partial charge in [-0.3, -0.25) is 4.79 Å². The molecule has 1 aromatic rings. The van der Waals surface area contributed by atoms with Gasteiger partial charge < -0.3 is 10.5 Å². The Kier molecular flexibility index (Phi) is 4.06. The average Bonchev–Trinajstić information content (AvgIpc) is 3.27. The van der Waals surface area contributed by atoms with Crippen LogP contribution < -0.4 is 10.5 Å². The second kappa shape index (κ2) is 5.96. The van der Waals surface area contributed by atoms with E-state index in [-0.39, 0.29) is 17.7 Å². The molecular formula is C17H23NO2. The van der Waals surface area contributed by atoms with Crippen molar-refractivity contribution in [2.24, 2.45) is 11.7 Å². The normalized spacial score (nSPS) is 26.9. The van der Waals surface area contributed by atoms with Crippen molar-refractivity contribution in [1.29, 1.82) is 0 Å². The summed E-state index contributed by atoms with van der Waals surface area (Å²) in [6, 6.07) is 7.63. The van der Waals surface area contributed by atoms with Crippen LogP contribution in [0.1, 0.15) is 55.3 Å². The quantitative estimate of drug-likeness (QED) is 0.676. The first kappa shape index (κ1) is 13.6. The number of ketones is 1. The number of ether oxygens (including phenoxy) is 1. The average molecular weight is 273 g/mol. The smallest absolute Gasteiger partial charge is 0.167 e. The molecule has 0 bridgehead atoms. The summed E-state index contributed by atoms with van der Waals surface area (Å²) < 4.78 is 5.77. The molecule has 3 nitrogen and oxygen atoms in total. The minimum absolute atomic E-state index is 0.0120. The Hall–Kier alpha value is -1.35. The fourth-order valence-corrected chi connectivity index (χ4v) is 2.98. The number of carbonyl (C=O) groups excluding carboxylic acids is 1. The minimum atomic E-state index is -0.0197. The Morgan fingerprint density at radius 1 is 1.10 bits per heavy atom. The molecule has 2 fully saturated rings. The van der Waals surface area contributed by atoms with Crippen LogP contribution in [0.2, 0.25) is 0 Å². The summed E-state index contributed by atoms with van der Waals surface area (Å²) in [5.41, 5.74) is 6.95. The predicted molar refractivity (Wildman–Crippen MR) is 79.0 cm³/mol. The molecule has 2 aliphatic carbocycles. The fourth-order valence-electron chi connectivity index (χ4n) is 2.98. The van der Waals surface area contributed by atoms with Gasteiger partial charge >= 0.3 is 0 Å². The summed E-state index contributed by atoms with van der Waals surface area (Å²) in [7, 11) is 0. The van der Waals surface area contributed by atoms with Crippen LogP contribution in [0.3, 0.4) is 0 Å². The molecule has 0 aliphatic heterocycles. The van der Waals surface area contributed by atoms with Crippen molar-refractivity contribution < 1.29 is 9.53 Å². The first-order chi connectivity index (χ1) is 9.74. The molecule has 108 valence electrons. The number of Topliss-reactive ketones (excluding diaryl/α,β-unsaturated/α-hetero) is 1. The molecular weight excluding hydrogens is 250 g/mol. The van der Waals surface area contributed by atoms with Crippen LogP contribution in [0.15, 0.2) is 24.3 Å². The summed E-state index contributed by atoms with van der Waals surface area (Å²) in [6.45, 7) is 0. The second-order valence-corrected chi connectivity index (χ2v) is 6.12. The first-order valence-corrected chi connectivity index (χ1v) is 7.80. The van der Waals surface area contributed by atoms with Crippen molar-refractivity contribution >= 4 is 5.78 Å². The van der Waals surface area contributed by atoms with Gasteiger partial charge in [0.1, 0.15) is 5.75 Å². The highest BCUT2D eigenvalue weighted by molar-refractivity contribution is 5.98. The summed E-state index contributed by atoms with van der Waals surface area (Å²) in [6.07, 6.45) is 7.97. The number of hydrogen-bond donors (Lipinski definition) is 1. The second-order valence-electron chi connectivity index (χ2n) is 6.12. The highest BCUT2D eigenvalue weighted by Crippen LogP contribution is 2.29. The Balaban J connectivity index is 1.74. The van der Waals surface area contributed by atoms with Crippen LogP contribution in [0.4, 0.5) is 0 Å². The summed E-state index contributed by atoms with van der Waals surface area (Å²) in [5, 5.41) is 0. The number of benzene rings is 1. The number of rotatable bonds is 4. The van der Waals surface area contributed by atoms with Crippen LogP contribution in [0.5, 0.6) is 5.75 Å². The summed E-state index contributed by atoms with van der Waals surface area (Å²) >= 11 is 0. The van der Waals surface area contributed by atoms with Crippen molar-refractivity contribution in [2.75, 3.05) is 0 Å². The Bertz CT molecular complexity index is 482. The molecule has 3 rings (SSSR count). The van der Waals surface area contributed by atoms with Gasteiger partial charge in [-0.2, -0.15) is 0 Å². The molecule has 0 heterocycles. The topological polar surface area (TPSA) is 52.3 Å². The van der Waals surface area contributed by atoms with Crippen molar-refractivity contribution in [2.45, 2.75) is 57.1 Å². The zero-order valence-electron chi connectivity index (χ0n) is 11.9. The molecule has 3 heteroatoms. The first-order valence-electron chi connectivity index (χ1n) is 7.80. The highest BCUT2D eigenvalue weighted by Gasteiger charge is 2.28. The van der Waals surface area contributed by atoms with Crippen LogP contribution in [-0.2, 0) is 0 Å². The lowest BCUT2D eigenvalue weighted by atomic mass is 9.87. The number of carbonyl (C=O) groups is 1. The Morgan fingerprint density at radius 2 is 1.90 bits per heavy atom. The molecule has 2 unspecified atom stereocenters. The van der Waals surface area contributed by atoms with Crippen molar-refractivity contribution in [3.63, 3.8) is 0 Å². The molecule has 0 aromatic heterocycles. The third-order valence-corrected chi connectivity index (χ3v) is 4.35. The van der Waals surface area contributed by atoms with E-state index in [9.17, 15) is 4.79 Å². The van der Waals surface area contributed by atoms with Crippen LogP contribution in [-0.4, -0.2) is 17.9 Å². The van der Waals surface area contributed by atoms with Gasteiger partial charge in [0.2, 0.25) is 0 Å². The van der Waals surface area contributed by atoms with Gasteiger partial charge in [-0.1, -0.05) is 31.4 Å². The van der Waals surface area contributed by atoms with Crippen LogP contribution in [0.25, 0.3) is 0 Å². The van der Waals surface area contributed by atoms with Crippen LogP contribution >= 0.6 is 0 Å². The van der Waals surface area contributed by atoms with E-state index >= 15 is 0 Å². The Labute approximate surface area is 120 Å². The lowest BCUT2D eigenvalue weighted by Crippen LogP contribution is -2.34. The maximum absolute atomic E-state index is 12.7. The van der Waals surface area contributed by atoms with E-state index in [1.54, 1.807) is 0 Å². The molecule has 20 heavy (non-hydrogen) atoms. The largest absolute Gasteiger partial charge is 0.490 e. The van der Waals surface area contributed by atoms with E-state index in [4.69, 9.17) is 10.5 Å². The molecule has 2 atom stereocenters. The van der Waals surface area contributed by atoms with E-state index in [0.29, 0.717) is 6.10 Å². The molecule has 2 aliphatic rings. The zero-order valence-corrected chi connectivity index (χ0v) is 11.9. The van der Waals surface area contributed by atoms with Gasteiger partial charge in [-0.25, -0.2) is 0 Å².